The van der Waals surface area contributed by atoms with E-state index in [0.717, 1.165) is 38.0 Å². The highest BCUT2D eigenvalue weighted by molar-refractivity contribution is 7.89. The first-order chi connectivity index (χ1) is 10.0. The molecule has 1 aliphatic heterocycles. The number of rotatable bonds is 6. The summed E-state index contributed by atoms with van der Waals surface area (Å²) in [5.74, 6) is 2.43. The van der Waals surface area contributed by atoms with Crippen molar-refractivity contribution in [2.75, 3.05) is 38.5 Å². The molecule has 3 fully saturated rings. The standard InChI is InChI=1S/C15H29N3O2S/c1-12(15-11-13-2-3-14(15)10-13)17-21(19,20)9-8-18-6-4-16-5-7-18/h12-17H,2-11H2,1H3. The maximum atomic E-state index is 12.3. The van der Waals surface area contributed by atoms with Gasteiger partial charge in [0.2, 0.25) is 10.0 Å². The lowest BCUT2D eigenvalue weighted by Gasteiger charge is -2.29. The van der Waals surface area contributed by atoms with Gasteiger partial charge in [-0.15, -0.1) is 0 Å². The first-order valence-corrected chi connectivity index (χ1v) is 10.1. The van der Waals surface area contributed by atoms with Crippen LogP contribution in [0.2, 0.25) is 0 Å². The molecule has 0 spiro atoms. The van der Waals surface area contributed by atoms with Gasteiger partial charge in [0.1, 0.15) is 0 Å². The average Bonchev–Trinajstić information content (AvgIpc) is 3.09. The normalized spacial score (nSPS) is 35.2. The summed E-state index contributed by atoms with van der Waals surface area (Å²) in [6.07, 6.45) is 5.23. The molecule has 0 aromatic rings. The summed E-state index contributed by atoms with van der Waals surface area (Å²) >= 11 is 0. The highest BCUT2D eigenvalue weighted by Crippen LogP contribution is 2.49. The maximum absolute atomic E-state index is 12.3. The summed E-state index contributed by atoms with van der Waals surface area (Å²) in [7, 11) is -3.15. The number of nitrogens with one attached hydrogen (secondary N) is 2. The smallest absolute Gasteiger partial charge is 0.213 e. The fourth-order valence-electron chi connectivity index (χ4n) is 4.52. The monoisotopic (exact) mass is 315 g/mol. The van der Waals surface area contributed by atoms with Gasteiger partial charge in [0.25, 0.3) is 0 Å². The predicted octanol–water partition coefficient (Wildman–Crippen LogP) is 0.636. The highest BCUT2D eigenvalue weighted by Gasteiger charge is 2.42. The van der Waals surface area contributed by atoms with E-state index < -0.39 is 10.0 Å². The lowest BCUT2D eigenvalue weighted by molar-refractivity contribution is 0.252. The zero-order valence-electron chi connectivity index (χ0n) is 13.1. The molecule has 4 unspecified atom stereocenters. The van der Waals surface area contributed by atoms with E-state index in [0.29, 0.717) is 12.5 Å². The Kier molecular flexibility index (Phi) is 4.88. The number of nitrogens with zero attached hydrogens (tertiary/aromatic N) is 1. The maximum Gasteiger partial charge on any atom is 0.213 e. The second-order valence-electron chi connectivity index (χ2n) is 7.16. The van der Waals surface area contributed by atoms with Gasteiger partial charge in [-0.25, -0.2) is 13.1 Å². The Morgan fingerprint density at radius 3 is 2.62 bits per heavy atom. The minimum Gasteiger partial charge on any atom is -0.314 e. The molecule has 0 amide bonds. The molecule has 1 heterocycles. The van der Waals surface area contributed by atoms with E-state index in [1.807, 2.05) is 0 Å². The van der Waals surface area contributed by atoms with Gasteiger partial charge in [0.15, 0.2) is 0 Å². The molecule has 2 aliphatic carbocycles. The molecule has 0 radical (unpaired) electrons. The highest BCUT2D eigenvalue weighted by atomic mass is 32.2. The molecular formula is C15H29N3O2S. The molecule has 6 heteroatoms. The van der Waals surface area contributed by atoms with Crippen molar-refractivity contribution in [3.05, 3.63) is 0 Å². The Bertz CT molecular complexity index is 448. The van der Waals surface area contributed by atoms with Crippen molar-refractivity contribution in [1.29, 1.82) is 0 Å². The topological polar surface area (TPSA) is 61.4 Å². The van der Waals surface area contributed by atoms with E-state index in [-0.39, 0.29) is 11.8 Å². The average molecular weight is 315 g/mol. The third-order valence-electron chi connectivity index (χ3n) is 5.69. The Morgan fingerprint density at radius 1 is 1.24 bits per heavy atom. The van der Waals surface area contributed by atoms with Crippen LogP contribution < -0.4 is 10.0 Å². The van der Waals surface area contributed by atoms with Gasteiger partial charge in [-0.3, -0.25) is 4.90 Å². The van der Waals surface area contributed by atoms with Crippen LogP contribution in [-0.4, -0.2) is 57.8 Å². The van der Waals surface area contributed by atoms with Gasteiger partial charge in [-0.1, -0.05) is 6.42 Å². The van der Waals surface area contributed by atoms with Crippen molar-refractivity contribution >= 4 is 10.0 Å². The lowest BCUT2D eigenvalue weighted by atomic mass is 9.84. The van der Waals surface area contributed by atoms with Crippen molar-refractivity contribution in [3.63, 3.8) is 0 Å². The fourth-order valence-corrected chi connectivity index (χ4v) is 5.88. The molecule has 1 saturated heterocycles. The Balaban J connectivity index is 1.46. The van der Waals surface area contributed by atoms with Gasteiger partial charge >= 0.3 is 0 Å². The third kappa shape index (κ3) is 3.97. The molecule has 2 saturated carbocycles. The zero-order chi connectivity index (χ0) is 14.9. The van der Waals surface area contributed by atoms with E-state index >= 15 is 0 Å². The van der Waals surface area contributed by atoms with Crippen LogP contribution in [0.5, 0.6) is 0 Å². The van der Waals surface area contributed by atoms with Gasteiger partial charge in [-0.05, 0) is 43.9 Å². The Morgan fingerprint density at radius 2 is 2.00 bits per heavy atom. The molecule has 5 nitrogen and oxygen atoms in total. The van der Waals surface area contributed by atoms with Crippen LogP contribution in [0.25, 0.3) is 0 Å². The first-order valence-electron chi connectivity index (χ1n) is 8.46. The molecule has 3 rings (SSSR count). The van der Waals surface area contributed by atoms with Gasteiger partial charge < -0.3 is 5.32 Å². The quantitative estimate of drug-likeness (QED) is 0.755. The van der Waals surface area contributed by atoms with Gasteiger partial charge in [0, 0.05) is 38.8 Å². The number of fused-ring (bicyclic) bond motifs is 2. The second-order valence-corrected chi connectivity index (χ2v) is 9.03. The Labute approximate surface area is 128 Å². The van der Waals surface area contributed by atoms with Crippen LogP contribution in [0, 0.1) is 17.8 Å². The minimum atomic E-state index is -3.15. The number of hydrogen-bond donors (Lipinski definition) is 2. The minimum absolute atomic E-state index is 0.105. The number of sulfonamides is 1. The molecule has 3 aliphatic rings. The summed E-state index contributed by atoms with van der Waals surface area (Å²) in [4.78, 5) is 2.23. The number of piperazine rings is 1. The summed E-state index contributed by atoms with van der Waals surface area (Å²) < 4.78 is 27.5. The third-order valence-corrected chi connectivity index (χ3v) is 7.14. The van der Waals surface area contributed by atoms with Crippen molar-refractivity contribution in [2.45, 2.75) is 38.6 Å². The zero-order valence-corrected chi connectivity index (χ0v) is 13.9. The number of hydrogen-bond acceptors (Lipinski definition) is 4. The van der Waals surface area contributed by atoms with Crippen LogP contribution in [0.15, 0.2) is 0 Å². The molecule has 122 valence electrons. The van der Waals surface area contributed by atoms with Crippen LogP contribution in [0.4, 0.5) is 0 Å². The molecule has 4 atom stereocenters. The van der Waals surface area contributed by atoms with Gasteiger partial charge in [0.05, 0.1) is 5.75 Å². The largest absolute Gasteiger partial charge is 0.314 e. The second kappa shape index (κ2) is 6.52. The summed E-state index contributed by atoms with van der Waals surface area (Å²) in [6.45, 7) is 6.56. The van der Waals surface area contributed by atoms with Gasteiger partial charge in [-0.2, -0.15) is 0 Å². The van der Waals surface area contributed by atoms with Crippen molar-refractivity contribution in [2.24, 2.45) is 17.8 Å². The van der Waals surface area contributed by atoms with Crippen LogP contribution in [0.3, 0.4) is 0 Å². The fraction of sp³-hybridized carbons (Fsp3) is 1.00. The molecule has 0 aromatic heterocycles. The molecule has 2 bridgehead atoms. The molecule has 21 heavy (non-hydrogen) atoms. The van der Waals surface area contributed by atoms with Crippen LogP contribution >= 0.6 is 0 Å². The Hall–Kier alpha value is -0.170. The van der Waals surface area contributed by atoms with E-state index in [1.54, 1.807) is 0 Å². The summed E-state index contributed by atoms with van der Waals surface area (Å²) in [5, 5.41) is 3.29. The molecule has 2 N–H and O–H groups in total. The predicted molar refractivity (Wildman–Crippen MR) is 84.6 cm³/mol. The molecular weight excluding hydrogens is 286 g/mol. The van der Waals surface area contributed by atoms with E-state index in [4.69, 9.17) is 0 Å². The van der Waals surface area contributed by atoms with Crippen LogP contribution in [0.1, 0.15) is 32.6 Å². The summed E-state index contributed by atoms with van der Waals surface area (Å²) in [6, 6.07) is 0.105. The van der Waals surface area contributed by atoms with E-state index in [1.165, 1.54) is 25.7 Å². The SMILES string of the molecule is CC(NS(=O)(=O)CCN1CCNCC1)C1CC2CCC1C2. The van der Waals surface area contributed by atoms with Crippen molar-refractivity contribution in [3.8, 4) is 0 Å². The first kappa shape index (κ1) is 15.7. The van der Waals surface area contributed by atoms with Crippen molar-refractivity contribution in [1.82, 2.24) is 14.9 Å². The summed E-state index contributed by atoms with van der Waals surface area (Å²) in [5.41, 5.74) is 0. The van der Waals surface area contributed by atoms with E-state index in [2.05, 4.69) is 21.9 Å². The lowest BCUT2D eigenvalue weighted by Crippen LogP contribution is -2.47. The van der Waals surface area contributed by atoms with E-state index in [9.17, 15) is 8.42 Å². The molecule has 0 aromatic carbocycles. The van der Waals surface area contributed by atoms with Crippen LogP contribution in [-0.2, 0) is 10.0 Å². The van der Waals surface area contributed by atoms with Crippen molar-refractivity contribution < 1.29 is 8.42 Å².